The second kappa shape index (κ2) is 7.54. The largest absolute Gasteiger partial charge is 0.491 e. The zero-order valence-electron chi connectivity index (χ0n) is 13.2. The molecule has 1 fully saturated rings. The van der Waals surface area contributed by atoms with Gasteiger partial charge in [-0.25, -0.2) is 0 Å². The fraction of sp³-hybridized carbons (Fsp3) is 0.500. The Bertz CT molecular complexity index is 604. The molecular formula is C16H22N4O3. The van der Waals surface area contributed by atoms with Crippen molar-refractivity contribution in [2.75, 3.05) is 32.8 Å². The van der Waals surface area contributed by atoms with Gasteiger partial charge in [-0.2, -0.15) is 0 Å². The maximum absolute atomic E-state index is 10.2. The van der Waals surface area contributed by atoms with Crippen LogP contribution in [0.2, 0.25) is 0 Å². The molecule has 1 saturated heterocycles. The lowest BCUT2D eigenvalue weighted by Gasteiger charge is -2.33. The normalized spacial score (nSPS) is 20.3. The second-order valence-corrected chi connectivity index (χ2v) is 5.70. The minimum Gasteiger partial charge on any atom is -0.491 e. The molecule has 1 aliphatic rings. The summed E-state index contributed by atoms with van der Waals surface area (Å²) in [5.74, 6) is 1.58. The van der Waals surface area contributed by atoms with E-state index in [1.165, 1.54) is 0 Å². The molecule has 3 rings (SSSR count). The van der Waals surface area contributed by atoms with Crippen molar-refractivity contribution in [3.63, 3.8) is 0 Å². The van der Waals surface area contributed by atoms with Crippen LogP contribution in [-0.4, -0.2) is 63.7 Å². The number of nitrogens with zero attached hydrogens (tertiary/aromatic N) is 4. The third kappa shape index (κ3) is 4.28. The van der Waals surface area contributed by atoms with Gasteiger partial charge in [0.1, 0.15) is 30.9 Å². The van der Waals surface area contributed by atoms with Gasteiger partial charge in [0.15, 0.2) is 5.82 Å². The minimum absolute atomic E-state index is 0.113. The second-order valence-electron chi connectivity index (χ2n) is 5.70. The molecule has 1 aromatic heterocycles. The first-order chi connectivity index (χ1) is 11.2. The van der Waals surface area contributed by atoms with Crippen LogP contribution in [0, 0.1) is 0 Å². The highest BCUT2D eigenvalue weighted by Crippen LogP contribution is 2.20. The molecule has 2 heterocycles. The molecule has 2 aromatic rings. The Morgan fingerprint density at radius 2 is 2.22 bits per heavy atom. The summed E-state index contributed by atoms with van der Waals surface area (Å²) in [5, 5.41) is 18.2. The van der Waals surface area contributed by atoms with Gasteiger partial charge in [0, 0.05) is 26.7 Å². The third-order valence-electron chi connectivity index (χ3n) is 3.84. The highest BCUT2D eigenvalue weighted by molar-refractivity contribution is 5.20. The molecule has 0 aliphatic carbocycles. The van der Waals surface area contributed by atoms with Crippen molar-refractivity contribution in [2.24, 2.45) is 7.05 Å². The van der Waals surface area contributed by atoms with E-state index in [9.17, 15) is 5.11 Å². The maximum atomic E-state index is 10.2. The van der Waals surface area contributed by atoms with Crippen LogP contribution in [-0.2, 0) is 11.8 Å². The van der Waals surface area contributed by atoms with E-state index in [1.54, 1.807) is 6.33 Å². The van der Waals surface area contributed by atoms with Crippen LogP contribution in [0.3, 0.4) is 0 Å². The van der Waals surface area contributed by atoms with Crippen LogP contribution in [0.25, 0.3) is 0 Å². The molecule has 0 radical (unpaired) electrons. The van der Waals surface area contributed by atoms with Crippen LogP contribution in [0.4, 0.5) is 0 Å². The topological polar surface area (TPSA) is 72.6 Å². The molecule has 0 amide bonds. The summed E-state index contributed by atoms with van der Waals surface area (Å²) in [6, 6.07) is 9.52. The van der Waals surface area contributed by atoms with Crippen molar-refractivity contribution >= 4 is 0 Å². The monoisotopic (exact) mass is 318 g/mol. The van der Waals surface area contributed by atoms with E-state index in [2.05, 4.69) is 15.1 Å². The van der Waals surface area contributed by atoms with E-state index in [4.69, 9.17) is 9.47 Å². The average Bonchev–Trinajstić information content (AvgIpc) is 3.00. The number of rotatable bonds is 6. The minimum atomic E-state index is -0.548. The van der Waals surface area contributed by atoms with Gasteiger partial charge < -0.3 is 19.1 Å². The van der Waals surface area contributed by atoms with Gasteiger partial charge in [0.25, 0.3) is 0 Å². The Labute approximate surface area is 135 Å². The fourth-order valence-corrected chi connectivity index (χ4v) is 2.67. The molecule has 0 saturated carbocycles. The number of hydrogen-bond acceptors (Lipinski definition) is 6. The number of aromatic nitrogens is 3. The summed E-state index contributed by atoms with van der Waals surface area (Å²) >= 11 is 0. The lowest BCUT2D eigenvalue weighted by Crippen LogP contribution is -2.44. The summed E-state index contributed by atoms with van der Waals surface area (Å²) < 4.78 is 13.2. The number of para-hydroxylation sites is 1. The van der Waals surface area contributed by atoms with Gasteiger partial charge in [0.05, 0.1) is 6.61 Å². The van der Waals surface area contributed by atoms with Crippen molar-refractivity contribution in [1.82, 2.24) is 19.7 Å². The highest BCUT2D eigenvalue weighted by Gasteiger charge is 2.26. The molecule has 23 heavy (non-hydrogen) atoms. The zero-order chi connectivity index (χ0) is 16.1. The molecule has 0 unspecified atom stereocenters. The molecule has 124 valence electrons. The van der Waals surface area contributed by atoms with Gasteiger partial charge in [-0.3, -0.25) is 4.90 Å². The van der Waals surface area contributed by atoms with Crippen molar-refractivity contribution in [2.45, 2.75) is 12.2 Å². The maximum Gasteiger partial charge on any atom is 0.163 e. The Morgan fingerprint density at radius 1 is 1.39 bits per heavy atom. The number of hydrogen-bond donors (Lipinski definition) is 1. The Kier molecular flexibility index (Phi) is 5.22. The zero-order valence-corrected chi connectivity index (χ0v) is 13.2. The summed E-state index contributed by atoms with van der Waals surface area (Å²) in [6.45, 7) is 2.91. The molecule has 0 spiro atoms. The summed E-state index contributed by atoms with van der Waals surface area (Å²) in [6.07, 6.45) is 1.01. The summed E-state index contributed by atoms with van der Waals surface area (Å²) in [7, 11) is 1.90. The average molecular weight is 318 g/mol. The number of morpholine rings is 1. The molecule has 2 atom stereocenters. The van der Waals surface area contributed by atoms with E-state index in [1.807, 2.05) is 41.9 Å². The van der Waals surface area contributed by atoms with Gasteiger partial charge >= 0.3 is 0 Å². The third-order valence-corrected chi connectivity index (χ3v) is 3.84. The van der Waals surface area contributed by atoms with E-state index >= 15 is 0 Å². The van der Waals surface area contributed by atoms with Crippen LogP contribution in [0.15, 0.2) is 36.7 Å². The number of benzene rings is 1. The van der Waals surface area contributed by atoms with Gasteiger partial charge in [-0.1, -0.05) is 18.2 Å². The first-order valence-corrected chi connectivity index (χ1v) is 7.76. The van der Waals surface area contributed by atoms with Crippen molar-refractivity contribution in [3.8, 4) is 5.75 Å². The summed E-state index contributed by atoms with van der Waals surface area (Å²) in [5.41, 5.74) is 0. The van der Waals surface area contributed by atoms with Crippen molar-refractivity contribution in [1.29, 1.82) is 0 Å². The number of aryl methyl sites for hydroxylation is 1. The van der Waals surface area contributed by atoms with Crippen molar-refractivity contribution in [3.05, 3.63) is 42.5 Å². The number of aliphatic hydroxyl groups is 1. The molecule has 7 nitrogen and oxygen atoms in total. The number of aliphatic hydroxyl groups excluding tert-OH is 1. The number of ether oxygens (including phenoxy) is 2. The van der Waals surface area contributed by atoms with Crippen LogP contribution in [0.5, 0.6) is 5.75 Å². The van der Waals surface area contributed by atoms with Gasteiger partial charge in [-0.05, 0) is 12.1 Å². The van der Waals surface area contributed by atoms with Crippen LogP contribution < -0.4 is 4.74 Å². The highest BCUT2D eigenvalue weighted by atomic mass is 16.5. The van der Waals surface area contributed by atoms with Gasteiger partial charge in [-0.15, -0.1) is 10.2 Å². The van der Waals surface area contributed by atoms with Gasteiger partial charge in [0.2, 0.25) is 0 Å². The van der Waals surface area contributed by atoms with E-state index in [0.29, 0.717) is 19.7 Å². The lowest BCUT2D eigenvalue weighted by molar-refractivity contribution is -0.0506. The van der Waals surface area contributed by atoms with E-state index < -0.39 is 6.10 Å². The van der Waals surface area contributed by atoms with E-state index in [0.717, 1.165) is 18.1 Å². The van der Waals surface area contributed by atoms with Crippen LogP contribution >= 0.6 is 0 Å². The first-order valence-electron chi connectivity index (χ1n) is 7.76. The predicted octanol–water partition coefficient (Wildman–Crippen LogP) is 0.628. The molecule has 1 aliphatic heterocycles. The molecule has 0 bridgehead atoms. The standard InChI is InChI=1S/C16H22N4O3/c1-19-12-17-18-16(19)15-10-20(7-8-22-15)9-13(21)11-23-14-5-3-2-4-6-14/h2-6,12-13,15,21H,7-11H2,1H3/t13-,15+/m1/s1. The SMILES string of the molecule is Cn1cnnc1[C@@H]1CN(C[C@@H](O)COc2ccccc2)CCO1. The van der Waals surface area contributed by atoms with Crippen LogP contribution in [0.1, 0.15) is 11.9 Å². The predicted molar refractivity (Wildman–Crippen MR) is 84.1 cm³/mol. The van der Waals surface area contributed by atoms with E-state index in [-0.39, 0.29) is 12.7 Å². The molecule has 7 heteroatoms. The van der Waals surface area contributed by atoms with Crippen molar-refractivity contribution < 1.29 is 14.6 Å². The molecule has 1 aromatic carbocycles. The number of β-amino-alcohol motifs (C(OH)–C–C–N with tert-alkyl or cyclic N) is 1. The smallest absolute Gasteiger partial charge is 0.163 e. The fourth-order valence-electron chi connectivity index (χ4n) is 2.67. The quantitative estimate of drug-likeness (QED) is 0.842. The first kappa shape index (κ1) is 15.9. The molecule has 1 N–H and O–H groups in total. The Hall–Kier alpha value is -1.96. The Morgan fingerprint density at radius 3 is 2.96 bits per heavy atom. The molecular weight excluding hydrogens is 296 g/mol. The Balaban J connectivity index is 1.48. The summed E-state index contributed by atoms with van der Waals surface area (Å²) in [4.78, 5) is 2.17. The lowest BCUT2D eigenvalue weighted by atomic mass is 10.2.